The van der Waals surface area contributed by atoms with Gasteiger partial charge in [-0.25, -0.2) is 5.43 Å². The number of amides is 1. The lowest BCUT2D eigenvalue weighted by atomic mass is 10.2. The van der Waals surface area contributed by atoms with E-state index in [2.05, 4.69) is 15.8 Å². The van der Waals surface area contributed by atoms with Crippen LogP contribution < -0.4 is 10.7 Å². The maximum absolute atomic E-state index is 12.0. The monoisotopic (exact) mass is 287 g/mol. The molecule has 20 heavy (non-hydrogen) atoms. The topological polar surface area (TPSA) is 53.5 Å². The molecule has 0 aliphatic rings. The normalized spacial score (nSPS) is 12.2. The minimum Gasteiger partial charge on any atom is -0.374 e. The highest BCUT2D eigenvalue weighted by Gasteiger charge is 2.15. The molecule has 0 spiro atoms. The summed E-state index contributed by atoms with van der Waals surface area (Å²) in [6.45, 7) is 1.96. The summed E-state index contributed by atoms with van der Waals surface area (Å²) < 4.78 is 0. The summed E-state index contributed by atoms with van der Waals surface area (Å²) in [6, 6.07) is 13.3. The Morgan fingerprint density at radius 3 is 2.75 bits per heavy atom. The van der Waals surface area contributed by atoms with Gasteiger partial charge < -0.3 is 5.32 Å². The molecule has 2 rings (SSSR count). The van der Waals surface area contributed by atoms with E-state index in [1.54, 1.807) is 17.6 Å². The van der Waals surface area contributed by atoms with Crippen LogP contribution >= 0.6 is 11.3 Å². The zero-order valence-corrected chi connectivity index (χ0v) is 12.1. The summed E-state index contributed by atoms with van der Waals surface area (Å²) in [4.78, 5) is 13.0. The fraction of sp³-hybridized carbons (Fsp3) is 0.200. The fourth-order valence-electron chi connectivity index (χ4n) is 1.69. The van der Waals surface area contributed by atoms with Crippen LogP contribution in [0.5, 0.6) is 0 Å². The number of anilines is 1. The number of thiophene rings is 1. The van der Waals surface area contributed by atoms with Gasteiger partial charge in [0.15, 0.2) is 0 Å². The first kappa shape index (κ1) is 14.3. The van der Waals surface area contributed by atoms with Crippen molar-refractivity contribution in [3.05, 3.63) is 52.7 Å². The summed E-state index contributed by atoms with van der Waals surface area (Å²) in [6.07, 6.45) is 2.34. The molecule has 0 aliphatic heterocycles. The third kappa shape index (κ3) is 4.20. The summed E-state index contributed by atoms with van der Waals surface area (Å²) in [7, 11) is 0. The molecular weight excluding hydrogens is 270 g/mol. The first-order chi connectivity index (χ1) is 9.79. The second-order valence-corrected chi connectivity index (χ2v) is 5.20. The van der Waals surface area contributed by atoms with Crippen molar-refractivity contribution in [3.63, 3.8) is 0 Å². The largest absolute Gasteiger partial charge is 0.374 e. The first-order valence-corrected chi connectivity index (χ1v) is 7.35. The number of benzene rings is 1. The second kappa shape index (κ2) is 7.45. The number of carbonyl (C=O) groups is 1. The maximum atomic E-state index is 12.0. The Hall–Kier alpha value is -2.14. The molecule has 1 atom stereocenters. The van der Waals surface area contributed by atoms with Crippen LogP contribution in [0.25, 0.3) is 0 Å². The Labute approximate surface area is 122 Å². The summed E-state index contributed by atoms with van der Waals surface area (Å²) in [5, 5.41) is 9.13. The lowest BCUT2D eigenvalue weighted by Gasteiger charge is -2.16. The van der Waals surface area contributed by atoms with Gasteiger partial charge in [-0.3, -0.25) is 4.79 Å². The molecule has 0 bridgehead atoms. The Balaban J connectivity index is 1.89. The standard InChI is InChI=1S/C15H17N3OS/c1-2-14(17-12-7-4-3-5-8-12)15(19)18-16-11-13-9-6-10-20-13/h3-11,14,17H,2H2,1H3,(H,18,19)/b16-11-/t14-/m1/s1. The van der Waals surface area contributed by atoms with Crippen LogP contribution in [0.15, 0.2) is 52.9 Å². The summed E-state index contributed by atoms with van der Waals surface area (Å²) in [5.41, 5.74) is 3.49. The van der Waals surface area contributed by atoms with E-state index in [-0.39, 0.29) is 11.9 Å². The third-order valence-corrected chi connectivity index (χ3v) is 3.56. The molecular formula is C15H17N3OS. The van der Waals surface area contributed by atoms with E-state index in [0.717, 1.165) is 10.6 Å². The van der Waals surface area contributed by atoms with Gasteiger partial charge in [0.05, 0.1) is 6.21 Å². The van der Waals surface area contributed by atoms with Gasteiger partial charge in [0.2, 0.25) is 0 Å². The van der Waals surface area contributed by atoms with Crippen molar-refractivity contribution in [1.82, 2.24) is 5.43 Å². The molecule has 5 heteroatoms. The highest BCUT2D eigenvalue weighted by atomic mass is 32.1. The molecule has 104 valence electrons. The molecule has 4 nitrogen and oxygen atoms in total. The lowest BCUT2D eigenvalue weighted by molar-refractivity contribution is -0.121. The number of nitrogens with one attached hydrogen (secondary N) is 2. The number of hydrogen-bond acceptors (Lipinski definition) is 4. The van der Waals surface area contributed by atoms with E-state index in [9.17, 15) is 4.79 Å². The van der Waals surface area contributed by atoms with Gasteiger partial charge in [-0.1, -0.05) is 31.2 Å². The minimum absolute atomic E-state index is 0.135. The Bertz CT molecular complexity index is 552. The molecule has 2 aromatic rings. The van der Waals surface area contributed by atoms with Crippen molar-refractivity contribution in [2.45, 2.75) is 19.4 Å². The van der Waals surface area contributed by atoms with Gasteiger partial charge in [0, 0.05) is 10.6 Å². The number of hydrogen-bond donors (Lipinski definition) is 2. The van der Waals surface area contributed by atoms with E-state index < -0.39 is 0 Å². The van der Waals surface area contributed by atoms with Crippen LogP contribution in [0.3, 0.4) is 0 Å². The molecule has 0 aliphatic carbocycles. The number of para-hydroxylation sites is 1. The molecule has 0 fully saturated rings. The number of rotatable bonds is 6. The molecule has 1 aromatic carbocycles. The number of hydrazone groups is 1. The zero-order chi connectivity index (χ0) is 14.2. The van der Waals surface area contributed by atoms with Crippen LogP contribution in [0.4, 0.5) is 5.69 Å². The molecule has 0 radical (unpaired) electrons. The quantitative estimate of drug-likeness (QED) is 0.633. The van der Waals surface area contributed by atoms with E-state index in [1.807, 2.05) is 54.8 Å². The van der Waals surface area contributed by atoms with Gasteiger partial charge in [0.1, 0.15) is 6.04 Å². The highest BCUT2D eigenvalue weighted by molar-refractivity contribution is 7.11. The van der Waals surface area contributed by atoms with Crippen molar-refractivity contribution in [2.24, 2.45) is 5.10 Å². The number of carbonyl (C=O) groups excluding carboxylic acids is 1. The van der Waals surface area contributed by atoms with E-state index in [0.29, 0.717) is 6.42 Å². The molecule has 0 saturated heterocycles. The minimum atomic E-state index is -0.294. The average Bonchev–Trinajstić information content (AvgIpc) is 2.99. The maximum Gasteiger partial charge on any atom is 0.262 e. The average molecular weight is 287 g/mol. The van der Waals surface area contributed by atoms with E-state index in [4.69, 9.17) is 0 Å². The summed E-state index contributed by atoms with van der Waals surface area (Å²) >= 11 is 1.58. The van der Waals surface area contributed by atoms with Gasteiger partial charge in [-0.2, -0.15) is 5.10 Å². The molecule has 2 N–H and O–H groups in total. The highest BCUT2D eigenvalue weighted by Crippen LogP contribution is 2.09. The van der Waals surface area contributed by atoms with Crippen molar-refractivity contribution in [1.29, 1.82) is 0 Å². The predicted octanol–water partition coefficient (Wildman–Crippen LogP) is 3.09. The first-order valence-electron chi connectivity index (χ1n) is 6.47. The third-order valence-electron chi connectivity index (χ3n) is 2.75. The van der Waals surface area contributed by atoms with Crippen LogP contribution in [-0.2, 0) is 4.79 Å². The fourth-order valence-corrected chi connectivity index (χ4v) is 2.28. The zero-order valence-electron chi connectivity index (χ0n) is 11.2. The van der Waals surface area contributed by atoms with Crippen molar-refractivity contribution in [2.75, 3.05) is 5.32 Å². The molecule has 1 aromatic heterocycles. The summed E-state index contributed by atoms with van der Waals surface area (Å²) in [5.74, 6) is -0.135. The second-order valence-electron chi connectivity index (χ2n) is 4.22. The Morgan fingerprint density at radius 1 is 1.30 bits per heavy atom. The van der Waals surface area contributed by atoms with Crippen LogP contribution in [0.1, 0.15) is 18.2 Å². The smallest absolute Gasteiger partial charge is 0.262 e. The molecule has 1 amide bonds. The predicted molar refractivity (Wildman–Crippen MR) is 84.2 cm³/mol. The molecule has 0 unspecified atom stereocenters. The van der Waals surface area contributed by atoms with E-state index in [1.165, 1.54) is 0 Å². The Morgan fingerprint density at radius 2 is 2.10 bits per heavy atom. The molecule has 1 heterocycles. The van der Waals surface area contributed by atoms with Crippen LogP contribution in [0, 0.1) is 0 Å². The van der Waals surface area contributed by atoms with E-state index >= 15 is 0 Å². The lowest BCUT2D eigenvalue weighted by Crippen LogP contribution is -2.36. The van der Waals surface area contributed by atoms with Gasteiger partial charge in [-0.05, 0) is 30.0 Å². The SMILES string of the molecule is CC[C@@H](Nc1ccccc1)C(=O)N/N=C\c1cccs1. The van der Waals surface area contributed by atoms with Gasteiger partial charge in [0.25, 0.3) is 5.91 Å². The van der Waals surface area contributed by atoms with Crippen LogP contribution in [0.2, 0.25) is 0 Å². The molecule has 0 saturated carbocycles. The van der Waals surface area contributed by atoms with Crippen molar-refractivity contribution < 1.29 is 4.79 Å². The van der Waals surface area contributed by atoms with Gasteiger partial charge in [-0.15, -0.1) is 11.3 Å². The Kier molecular flexibility index (Phi) is 5.32. The van der Waals surface area contributed by atoms with Crippen LogP contribution in [-0.4, -0.2) is 18.2 Å². The number of nitrogens with zero attached hydrogens (tertiary/aromatic N) is 1. The van der Waals surface area contributed by atoms with Gasteiger partial charge >= 0.3 is 0 Å². The van der Waals surface area contributed by atoms with Crippen molar-refractivity contribution in [3.8, 4) is 0 Å². The van der Waals surface area contributed by atoms with Crippen molar-refractivity contribution >= 4 is 29.1 Å².